The zero-order chi connectivity index (χ0) is 22.4. The van der Waals surface area contributed by atoms with Crippen LogP contribution in [0.15, 0.2) is 54.6 Å². The third-order valence-electron chi connectivity index (χ3n) is 5.48. The number of hydrogen-bond acceptors (Lipinski definition) is 2. The maximum atomic E-state index is 13.5. The first-order valence-electron chi connectivity index (χ1n) is 10.6. The number of aryl methyl sites for hydroxylation is 1. The van der Waals surface area contributed by atoms with Crippen molar-refractivity contribution in [3.8, 4) is 0 Å². The molecule has 0 radical (unpaired) electrons. The molecule has 1 aromatic heterocycles. The number of benzene rings is 2. The summed E-state index contributed by atoms with van der Waals surface area (Å²) in [5.41, 5.74) is 4.81. The van der Waals surface area contributed by atoms with Gasteiger partial charge in [0, 0.05) is 29.9 Å². The fourth-order valence-electron chi connectivity index (χ4n) is 3.84. The molecule has 1 heterocycles. The van der Waals surface area contributed by atoms with Crippen LogP contribution in [0.4, 0.5) is 8.78 Å². The predicted molar refractivity (Wildman–Crippen MR) is 125 cm³/mol. The summed E-state index contributed by atoms with van der Waals surface area (Å²) in [5, 5.41) is 0. The van der Waals surface area contributed by atoms with E-state index in [1.807, 2.05) is 24.3 Å². The molecule has 164 valence electrons. The highest BCUT2D eigenvalue weighted by Crippen LogP contribution is 2.27. The molecule has 0 aliphatic carbocycles. The number of halogens is 2. The Morgan fingerprint density at radius 1 is 0.968 bits per heavy atom. The topological polar surface area (TPSA) is 22.0 Å². The Morgan fingerprint density at radius 2 is 1.71 bits per heavy atom. The summed E-state index contributed by atoms with van der Waals surface area (Å²) in [6, 6.07) is 16.2. The fourth-order valence-corrected chi connectivity index (χ4v) is 4.24. The number of carbonyl (C=O) groups excluding carboxylic acids is 1. The summed E-state index contributed by atoms with van der Waals surface area (Å²) in [6.45, 7) is 5.02. The van der Waals surface area contributed by atoms with Crippen molar-refractivity contribution < 1.29 is 13.6 Å². The van der Waals surface area contributed by atoms with Crippen LogP contribution in [0.2, 0.25) is 0 Å². The van der Waals surface area contributed by atoms with Crippen molar-refractivity contribution in [1.82, 2.24) is 4.57 Å². The molecule has 0 atom stereocenters. The smallest absolute Gasteiger partial charge is 0.165 e. The SMILES string of the molecule is CSCCc1c(C(=O)CCc2ccc(F)c(F)c2)cc(C(C)C)n1Cc1ccccc1. The summed E-state index contributed by atoms with van der Waals surface area (Å²) < 4.78 is 29.0. The first-order chi connectivity index (χ1) is 14.9. The molecule has 2 nitrogen and oxygen atoms in total. The van der Waals surface area contributed by atoms with Gasteiger partial charge < -0.3 is 4.57 Å². The van der Waals surface area contributed by atoms with Crippen molar-refractivity contribution >= 4 is 17.5 Å². The largest absolute Gasteiger partial charge is 0.343 e. The van der Waals surface area contributed by atoms with Crippen LogP contribution in [0.25, 0.3) is 0 Å². The van der Waals surface area contributed by atoms with Crippen LogP contribution in [-0.2, 0) is 19.4 Å². The molecule has 3 rings (SSSR count). The third kappa shape index (κ3) is 5.85. The van der Waals surface area contributed by atoms with E-state index in [1.54, 1.807) is 17.8 Å². The minimum Gasteiger partial charge on any atom is -0.343 e. The Balaban J connectivity index is 1.90. The highest BCUT2D eigenvalue weighted by Gasteiger charge is 2.21. The van der Waals surface area contributed by atoms with Gasteiger partial charge in [0.15, 0.2) is 17.4 Å². The van der Waals surface area contributed by atoms with Crippen LogP contribution in [0, 0.1) is 11.6 Å². The molecule has 2 aromatic carbocycles. The normalized spacial score (nSPS) is 11.3. The molecule has 3 aromatic rings. The Hall–Kier alpha value is -2.40. The van der Waals surface area contributed by atoms with Gasteiger partial charge in [-0.1, -0.05) is 50.2 Å². The predicted octanol–water partition coefficient (Wildman–Crippen LogP) is 6.66. The number of hydrogen-bond donors (Lipinski definition) is 0. The number of carbonyl (C=O) groups is 1. The quantitative estimate of drug-likeness (QED) is 0.328. The van der Waals surface area contributed by atoms with Gasteiger partial charge in [-0.15, -0.1) is 0 Å². The molecule has 0 saturated carbocycles. The number of rotatable bonds is 10. The highest BCUT2D eigenvalue weighted by molar-refractivity contribution is 7.98. The first kappa shape index (κ1) is 23.3. The van der Waals surface area contributed by atoms with Crippen LogP contribution in [0.1, 0.15) is 59.1 Å². The van der Waals surface area contributed by atoms with Crippen LogP contribution < -0.4 is 0 Å². The fraction of sp³-hybridized carbons (Fsp3) is 0.346. The van der Waals surface area contributed by atoms with E-state index >= 15 is 0 Å². The summed E-state index contributed by atoms with van der Waals surface area (Å²) in [5.74, 6) is -0.477. The first-order valence-corrected chi connectivity index (χ1v) is 12.0. The maximum absolute atomic E-state index is 13.5. The lowest BCUT2D eigenvalue weighted by molar-refractivity contribution is 0.0982. The van der Waals surface area contributed by atoms with Crippen LogP contribution >= 0.6 is 11.8 Å². The van der Waals surface area contributed by atoms with E-state index in [1.165, 1.54) is 11.6 Å². The second-order valence-electron chi connectivity index (χ2n) is 8.07. The third-order valence-corrected chi connectivity index (χ3v) is 6.10. The lowest BCUT2D eigenvalue weighted by Crippen LogP contribution is -2.12. The van der Waals surface area contributed by atoms with E-state index in [4.69, 9.17) is 0 Å². The zero-order valence-corrected chi connectivity index (χ0v) is 19.1. The van der Waals surface area contributed by atoms with Crippen molar-refractivity contribution in [2.75, 3.05) is 12.0 Å². The van der Waals surface area contributed by atoms with E-state index < -0.39 is 11.6 Å². The van der Waals surface area contributed by atoms with Gasteiger partial charge in [-0.3, -0.25) is 4.79 Å². The molecule has 0 spiro atoms. The van der Waals surface area contributed by atoms with E-state index in [0.29, 0.717) is 12.0 Å². The number of aromatic nitrogens is 1. The number of Topliss-reactive ketones (excluding diaryl/α,β-unsaturated/α-hetero) is 1. The van der Waals surface area contributed by atoms with Gasteiger partial charge in [0.2, 0.25) is 0 Å². The second-order valence-corrected chi connectivity index (χ2v) is 9.06. The second kappa shape index (κ2) is 10.8. The number of ketones is 1. The van der Waals surface area contributed by atoms with Gasteiger partial charge in [-0.05, 0) is 60.1 Å². The van der Waals surface area contributed by atoms with Gasteiger partial charge in [0.25, 0.3) is 0 Å². The van der Waals surface area contributed by atoms with Crippen molar-refractivity contribution in [2.45, 2.75) is 45.6 Å². The van der Waals surface area contributed by atoms with E-state index in [-0.39, 0.29) is 18.1 Å². The summed E-state index contributed by atoms with van der Waals surface area (Å²) in [6.07, 6.45) is 3.54. The van der Waals surface area contributed by atoms with Gasteiger partial charge in [0.05, 0.1) is 0 Å². The van der Waals surface area contributed by atoms with Gasteiger partial charge in [-0.2, -0.15) is 11.8 Å². The van der Waals surface area contributed by atoms with Crippen LogP contribution in [-0.4, -0.2) is 22.4 Å². The Morgan fingerprint density at radius 3 is 2.35 bits per heavy atom. The molecule has 0 aliphatic heterocycles. The van der Waals surface area contributed by atoms with Crippen molar-refractivity contribution in [3.05, 3.63) is 94.3 Å². The van der Waals surface area contributed by atoms with E-state index in [0.717, 1.165) is 41.7 Å². The van der Waals surface area contributed by atoms with Crippen molar-refractivity contribution in [2.24, 2.45) is 0 Å². The summed E-state index contributed by atoms with van der Waals surface area (Å²) in [7, 11) is 0. The average molecular weight is 442 g/mol. The molecule has 0 fully saturated rings. The number of thioether (sulfide) groups is 1. The molecule has 0 N–H and O–H groups in total. The Bertz CT molecular complexity index is 1030. The molecule has 0 amide bonds. The van der Waals surface area contributed by atoms with Gasteiger partial charge in [0.1, 0.15) is 0 Å². The molecule has 0 unspecified atom stereocenters. The van der Waals surface area contributed by atoms with Crippen LogP contribution in [0.3, 0.4) is 0 Å². The Labute approximate surface area is 187 Å². The molecule has 0 aliphatic rings. The van der Waals surface area contributed by atoms with Gasteiger partial charge >= 0.3 is 0 Å². The lowest BCUT2D eigenvalue weighted by Gasteiger charge is -2.16. The minimum atomic E-state index is -0.873. The number of nitrogens with zero attached hydrogens (tertiary/aromatic N) is 1. The van der Waals surface area contributed by atoms with Crippen molar-refractivity contribution in [3.63, 3.8) is 0 Å². The summed E-state index contributed by atoms with van der Waals surface area (Å²) in [4.78, 5) is 13.2. The average Bonchev–Trinajstić information content (AvgIpc) is 3.12. The minimum absolute atomic E-state index is 0.0505. The summed E-state index contributed by atoms with van der Waals surface area (Å²) >= 11 is 1.76. The molecule has 0 bridgehead atoms. The molecule has 5 heteroatoms. The lowest BCUT2D eigenvalue weighted by atomic mass is 10.0. The Kier molecular flexibility index (Phi) is 8.08. The van der Waals surface area contributed by atoms with E-state index in [2.05, 4.69) is 36.8 Å². The highest BCUT2D eigenvalue weighted by atomic mass is 32.2. The monoisotopic (exact) mass is 441 g/mol. The van der Waals surface area contributed by atoms with Gasteiger partial charge in [-0.25, -0.2) is 8.78 Å². The molecular formula is C26H29F2NOS. The van der Waals surface area contributed by atoms with E-state index in [9.17, 15) is 13.6 Å². The van der Waals surface area contributed by atoms with Crippen LogP contribution in [0.5, 0.6) is 0 Å². The molecule has 31 heavy (non-hydrogen) atoms. The van der Waals surface area contributed by atoms with Crippen molar-refractivity contribution in [1.29, 1.82) is 0 Å². The standard InChI is InChI=1S/C26H29F2NOS/c1-18(2)25-16-21(26(30)12-10-19-9-11-22(27)23(28)15-19)24(13-14-31-3)29(25)17-20-7-5-4-6-8-20/h4-9,11,15-16,18H,10,12-14,17H2,1-3H3. The maximum Gasteiger partial charge on any atom is 0.165 e. The molecular weight excluding hydrogens is 412 g/mol. The zero-order valence-electron chi connectivity index (χ0n) is 18.3. The molecule has 0 saturated heterocycles.